The lowest BCUT2D eigenvalue weighted by Gasteiger charge is -2.15. The molecule has 0 saturated carbocycles. The quantitative estimate of drug-likeness (QED) is 0.600. The SMILES string of the molecule is COc1ccc(/C=N\NC(=O)C(C)Nc2ccccc2C)cc1OC. The number of hydrogen-bond donors (Lipinski definition) is 2. The summed E-state index contributed by atoms with van der Waals surface area (Å²) in [4.78, 5) is 12.1. The van der Waals surface area contributed by atoms with Gasteiger partial charge in [0.15, 0.2) is 11.5 Å². The van der Waals surface area contributed by atoms with E-state index in [1.54, 1.807) is 39.5 Å². The molecule has 0 aromatic heterocycles. The monoisotopic (exact) mass is 341 g/mol. The lowest BCUT2D eigenvalue weighted by molar-refractivity contribution is -0.121. The van der Waals surface area contributed by atoms with Crippen molar-refractivity contribution in [2.24, 2.45) is 5.10 Å². The van der Waals surface area contributed by atoms with Gasteiger partial charge >= 0.3 is 0 Å². The maximum absolute atomic E-state index is 12.1. The average Bonchev–Trinajstić information content (AvgIpc) is 2.63. The van der Waals surface area contributed by atoms with E-state index in [1.807, 2.05) is 37.3 Å². The zero-order valence-corrected chi connectivity index (χ0v) is 14.9. The Hall–Kier alpha value is -3.02. The summed E-state index contributed by atoms with van der Waals surface area (Å²) < 4.78 is 10.4. The van der Waals surface area contributed by atoms with Crippen LogP contribution >= 0.6 is 0 Å². The lowest BCUT2D eigenvalue weighted by Crippen LogP contribution is -2.35. The predicted octanol–water partition coefficient (Wildman–Crippen LogP) is 2.96. The molecular formula is C19H23N3O3. The number of methoxy groups -OCH3 is 2. The second-order valence-electron chi connectivity index (χ2n) is 5.53. The molecule has 132 valence electrons. The fourth-order valence-corrected chi connectivity index (χ4v) is 2.23. The van der Waals surface area contributed by atoms with Crippen molar-refractivity contribution in [2.45, 2.75) is 19.9 Å². The third-order valence-corrected chi connectivity index (χ3v) is 3.71. The predicted molar refractivity (Wildman–Crippen MR) is 99.5 cm³/mol. The Balaban J connectivity index is 1.95. The Labute approximate surface area is 147 Å². The van der Waals surface area contributed by atoms with E-state index >= 15 is 0 Å². The van der Waals surface area contributed by atoms with Crippen molar-refractivity contribution in [1.82, 2.24) is 5.43 Å². The van der Waals surface area contributed by atoms with Crippen molar-refractivity contribution >= 4 is 17.8 Å². The molecule has 0 aliphatic carbocycles. The summed E-state index contributed by atoms with van der Waals surface area (Å²) in [5, 5.41) is 7.17. The van der Waals surface area contributed by atoms with Crippen molar-refractivity contribution in [1.29, 1.82) is 0 Å². The molecule has 6 heteroatoms. The third-order valence-electron chi connectivity index (χ3n) is 3.71. The number of rotatable bonds is 7. The van der Waals surface area contributed by atoms with Gasteiger partial charge in [-0.2, -0.15) is 5.10 Å². The second kappa shape index (κ2) is 8.73. The van der Waals surface area contributed by atoms with Gasteiger partial charge in [-0.15, -0.1) is 0 Å². The van der Waals surface area contributed by atoms with Gasteiger partial charge in [0.2, 0.25) is 0 Å². The van der Waals surface area contributed by atoms with Gasteiger partial charge in [-0.25, -0.2) is 5.43 Å². The number of nitrogens with one attached hydrogen (secondary N) is 2. The largest absolute Gasteiger partial charge is 0.493 e. The maximum Gasteiger partial charge on any atom is 0.262 e. The minimum atomic E-state index is -0.413. The standard InChI is InChI=1S/C19H23N3O3/c1-13-7-5-6-8-16(13)21-14(2)19(23)22-20-12-15-9-10-17(24-3)18(11-15)25-4/h5-12,14,21H,1-4H3,(H,22,23)/b20-12-. The van der Waals surface area contributed by atoms with Crippen LogP contribution in [0.3, 0.4) is 0 Å². The first-order valence-corrected chi connectivity index (χ1v) is 7.92. The van der Waals surface area contributed by atoms with Crippen LogP contribution in [0.2, 0.25) is 0 Å². The lowest BCUT2D eigenvalue weighted by atomic mass is 10.2. The summed E-state index contributed by atoms with van der Waals surface area (Å²) in [5.74, 6) is 1.02. The van der Waals surface area contributed by atoms with Crippen molar-refractivity contribution in [3.05, 3.63) is 53.6 Å². The topological polar surface area (TPSA) is 72.0 Å². The van der Waals surface area contributed by atoms with Crippen LogP contribution < -0.4 is 20.2 Å². The molecule has 25 heavy (non-hydrogen) atoms. The van der Waals surface area contributed by atoms with E-state index in [2.05, 4.69) is 15.8 Å². The molecule has 1 unspecified atom stereocenters. The molecule has 0 aliphatic heterocycles. The highest BCUT2D eigenvalue weighted by Crippen LogP contribution is 2.26. The van der Waals surface area contributed by atoms with Gasteiger partial charge in [0.1, 0.15) is 6.04 Å². The van der Waals surface area contributed by atoms with Crippen LogP contribution in [0.5, 0.6) is 11.5 Å². The van der Waals surface area contributed by atoms with Crippen LogP contribution in [0.1, 0.15) is 18.1 Å². The summed E-state index contributed by atoms with van der Waals surface area (Å²) in [6, 6.07) is 12.8. The van der Waals surface area contributed by atoms with Crippen molar-refractivity contribution in [2.75, 3.05) is 19.5 Å². The van der Waals surface area contributed by atoms with Gasteiger partial charge in [0, 0.05) is 5.69 Å². The highest BCUT2D eigenvalue weighted by Gasteiger charge is 2.12. The normalized spacial score (nSPS) is 11.8. The molecule has 2 N–H and O–H groups in total. The van der Waals surface area contributed by atoms with Gasteiger partial charge in [0.25, 0.3) is 5.91 Å². The van der Waals surface area contributed by atoms with E-state index in [9.17, 15) is 4.79 Å². The second-order valence-corrected chi connectivity index (χ2v) is 5.53. The molecule has 0 bridgehead atoms. The molecule has 0 spiro atoms. The van der Waals surface area contributed by atoms with E-state index in [-0.39, 0.29) is 5.91 Å². The highest BCUT2D eigenvalue weighted by atomic mass is 16.5. The first-order chi connectivity index (χ1) is 12.0. The summed E-state index contributed by atoms with van der Waals surface area (Å²) in [5.41, 5.74) is 5.33. The summed E-state index contributed by atoms with van der Waals surface area (Å²) in [6.07, 6.45) is 1.56. The number of carbonyl (C=O) groups is 1. The molecule has 2 aromatic rings. The molecular weight excluding hydrogens is 318 g/mol. The first kappa shape index (κ1) is 18.3. The van der Waals surface area contributed by atoms with E-state index in [4.69, 9.17) is 9.47 Å². The van der Waals surface area contributed by atoms with Crippen molar-refractivity contribution in [3.63, 3.8) is 0 Å². The van der Waals surface area contributed by atoms with Gasteiger partial charge in [0.05, 0.1) is 20.4 Å². The zero-order chi connectivity index (χ0) is 18.2. The van der Waals surface area contributed by atoms with Crippen LogP contribution in [-0.2, 0) is 4.79 Å². The Bertz CT molecular complexity index is 759. The minimum absolute atomic E-state index is 0.222. The number of nitrogens with zero attached hydrogens (tertiary/aromatic N) is 1. The molecule has 0 aliphatic rings. The number of hydrazone groups is 1. The minimum Gasteiger partial charge on any atom is -0.493 e. The van der Waals surface area contributed by atoms with E-state index in [0.717, 1.165) is 16.8 Å². The Morgan fingerprint density at radius 3 is 2.52 bits per heavy atom. The number of aryl methyl sites for hydroxylation is 1. The molecule has 2 aromatic carbocycles. The molecule has 1 atom stereocenters. The Kier molecular flexibility index (Phi) is 6.39. The molecule has 0 radical (unpaired) electrons. The molecule has 2 rings (SSSR count). The summed E-state index contributed by atoms with van der Waals surface area (Å²) >= 11 is 0. The Morgan fingerprint density at radius 1 is 1.12 bits per heavy atom. The number of anilines is 1. The molecule has 1 amide bonds. The average molecular weight is 341 g/mol. The van der Waals surface area contributed by atoms with E-state index in [0.29, 0.717) is 11.5 Å². The molecule has 0 fully saturated rings. The van der Waals surface area contributed by atoms with Crippen LogP contribution in [-0.4, -0.2) is 32.4 Å². The number of ether oxygens (including phenoxy) is 2. The van der Waals surface area contributed by atoms with Gasteiger partial charge in [-0.05, 0) is 49.2 Å². The first-order valence-electron chi connectivity index (χ1n) is 7.92. The van der Waals surface area contributed by atoms with Crippen molar-refractivity contribution in [3.8, 4) is 11.5 Å². The van der Waals surface area contributed by atoms with Crippen LogP contribution in [0, 0.1) is 6.92 Å². The number of para-hydroxylation sites is 1. The zero-order valence-electron chi connectivity index (χ0n) is 14.9. The van der Waals surface area contributed by atoms with Crippen molar-refractivity contribution < 1.29 is 14.3 Å². The Morgan fingerprint density at radius 2 is 1.84 bits per heavy atom. The fraction of sp³-hybridized carbons (Fsp3) is 0.263. The highest BCUT2D eigenvalue weighted by molar-refractivity contribution is 5.86. The summed E-state index contributed by atoms with van der Waals surface area (Å²) in [7, 11) is 3.15. The van der Waals surface area contributed by atoms with E-state index < -0.39 is 6.04 Å². The molecule has 0 heterocycles. The van der Waals surface area contributed by atoms with E-state index in [1.165, 1.54) is 0 Å². The number of hydrogen-bond acceptors (Lipinski definition) is 5. The fourth-order valence-electron chi connectivity index (χ4n) is 2.23. The van der Waals surface area contributed by atoms with Gasteiger partial charge in [-0.3, -0.25) is 4.79 Å². The van der Waals surface area contributed by atoms with Crippen LogP contribution in [0.4, 0.5) is 5.69 Å². The smallest absolute Gasteiger partial charge is 0.262 e. The molecule has 6 nitrogen and oxygen atoms in total. The van der Waals surface area contributed by atoms with Gasteiger partial charge < -0.3 is 14.8 Å². The van der Waals surface area contributed by atoms with Crippen LogP contribution in [0.15, 0.2) is 47.6 Å². The number of amides is 1. The number of benzene rings is 2. The van der Waals surface area contributed by atoms with Crippen LogP contribution in [0.25, 0.3) is 0 Å². The number of carbonyl (C=O) groups excluding carboxylic acids is 1. The third kappa shape index (κ3) is 4.97. The maximum atomic E-state index is 12.1. The molecule has 0 saturated heterocycles. The summed E-state index contributed by atoms with van der Waals surface area (Å²) in [6.45, 7) is 3.77. The van der Waals surface area contributed by atoms with Gasteiger partial charge in [-0.1, -0.05) is 18.2 Å².